The van der Waals surface area contributed by atoms with Crippen LogP contribution >= 0.6 is 23.5 Å². The molecule has 0 saturated carbocycles. The molecule has 0 aromatic carbocycles. The second-order valence-electron chi connectivity index (χ2n) is 1.34. The van der Waals surface area contributed by atoms with E-state index in [0.29, 0.717) is 0 Å². The Hall–Kier alpha value is 1.78. The van der Waals surface area contributed by atoms with Crippen molar-refractivity contribution in [1.29, 1.82) is 0 Å². The van der Waals surface area contributed by atoms with E-state index >= 15 is 0 Å². The van der Waals surface area contributed by atoms with Crippen LogP contribution in [0.4, 0.5) is 0 Å². The minimum absolute atomic E-state index is 0. The van der Waals surface area contributed by atoms with E-state index in [-0.39, 0.29) is 44.1 Å². The summed E-state index contributed by atoms with van der Waals surface area (Å²) in [6.45, 7) is 0. The zero-order chi connectivity index (χ0) is 13.5. The third-order valence-electron chi connectivity index (χ3n) is 0. The summed E-state index contributed by atoms with van der Waals surface area (Å²) in [5.41, 5.74) is 0. The van der Waals surface area contributed by atoms with Gasteiger partial charge in [-0.3, -0.25) is 0 Å². The van der Waals surface area contributed by atoms with Gasteiger partial charge >= 0.3 is 44.1 Å². The topological polar surface area (TPSA) is 259 Å². The predicted octanol–water partition coefficient (Wildman–Crippen LogP) is -8.48. The van der Waals surface area contributed by atoms with Gasteiger partial charge in [-0.25, -0.2) is 0 Å². The molecule has 0 spiro atoms. The molecule has 0 aromatic rings. The van der Waals surface area contributed by atoms with Gasteiger partial charge in [-0.2, -0.15) is 23.5 Å². The maximum Gasteiger partial charge on any atom is 5.00 e. The van der Waals surface area contributed by atoms with Crippen LogP contribution in [0.3, 0.4) is 0 Å². The molecule has 0 atom stereocenters. The summed E-state index contributed by atoms with van der Waals surface area (Å²) in [6.07, 6.45) is 0. The van der Waals surface area contributed by atoms with E-state index in [1.807, 2.05) is 0 Å². The monoisotopic (exact) mass is 426 g/mol. The Morgan fingerprint density at radius 2 is 0.471 bits per heavy atom. The van der Waals surface area contributed by atoms with Gasteiger partial charge in [-0.15, -0.1) is 0 Å². The third-order valence-corrected chi connectivity index (χ3v) is 0. The average Bonchev–Trinajstić information content (AvgIpc) is 1.41. The van der Waals surface area contributed by atoms with Crippen LogP contribution in [0.5, 0.6) is 0 Å². The van der Waals surface area contributed by atoms with Crippen LogP contribution in [-0.4, -0.2) is 0 Å². The van der Waals surface area contributed by atoms with Crippen LogP contribution < -0.4 is 44.0 Å². The molecule has 0 aliphatic carbocycles. The molecule has 0 aliphatic heterocycles. The van der Waals surface area contributed by atoms with Gasteiger partial charge in [-0.1, -0.05) is 0 Å². The minimum Gasteiger partial charge on any atom is -0.822 e. The van der Waals surface area contributed by atoms with E-state index in [2.05, 4.69) is 0 Å². The van der Waals surface area contributed by atoms with E-state index in [9.17, 15) is 0 Å². The summed E-state index contributed by atoms with van der Waals surface area (Å²) in [5, 5.41) is 0. The molecule has 0 aliphatic rings. The maximum atomic E-state index is 8.55. The Kier molecular flexibility index (Phi) is 23.5. The molecule has 0 radical (unpaired) electrons. The molecular formula is NbO12P3Ti. The molecule has 12 nitrogen and oxygen atoms in total. The first-order valence-corrected chi connectivity index (χ1v) is 6.57. The molecule has 17 heavy (non-hydrogen) atoms. The van der Waals surface area contributed by atoms with Crippen molar-refractivity contribution in [3.63, 3.8) is 0 Å². The Balaban J connectivity index is -0.0000000400. The van der Waals surface area contributed by atoms with Crippen molar-refractivity contribution in [3.05, 3.63) is 0 Å². The van der Waals surface area contributed by atoms with Crippen molar-refractivity contribution in [2.45, 2.75) is 0 Å². The van der Waals surface area contributed by atoms with Crippen LogP contribution in [0.15, 0.2) is 0 Å². The third kappa shape index (κ3) is 1390. The van der Waals surface area contributed by atoms with E-state index < -0.39 is 23.5 Å². The summed E-state index contributed by atoms with van der Waals surface area (Å²) in [4.78, 5) is 76.9. The molecular weight excluding hydrogens is 426 g/mol. The summed E-state index contributed by atoms with van der Waals surface area (Å²) < 4.78 is 25.6. The van der Waals surface area contributed by atoms with Crippen molar-refractivity contribution < 1.29 is 102 Å². The molecule has 0 N–H and O–H groups in total. The van der Waals surface area contributed by atoms with E-state index in [4.69, 9.17) is 57.7 Å². The summed E-state index contributed by atoms with van der Waals surface area (Å²) >= 11 is 0. The first kappa shape index (κ1) is 31.3. The number of hydrogen-bond acceptors (Lipinski definition) is 12. The molecule has 0 saturated heterocycles. The Labute approximate surface area is 125 Å². The molecule has 96 valence electrons. The van der Waals surface area contributed by atoms with E-state index in [0.717, 1.165) is 0 Å². The molecule has 0 fully saturated rings. The van der Waals surface area contributed by atoms with Crippen molar-refractivity contribution >= 4 is 23.5 Å². The first-order chi connectivity index (χ1) is 6.00. The Morgan fingerprint density at radius 1 is 0.471 bits per heavy atom. The van der Waals surface area contributed by atoms with Gasteiger partial charge in [0.05, 0.1) is 0 Å². The molecule has 0 aromatic heterocycles. The van der Waals surface area contributed by atoms with Crippen molar-refractivity contribution in [3.8, 4) is 0 Å². The molecule has 0 bridgehead atoms. The van der Waals surface area contributed by atoms with Gasteiger partial charge in [-0.05, 0) is 0 Å². The molecule has 0 amide bonds. The average molecular weight is 426 g/mol. The van der Waals surface area contributed by atoms with E-state index in [1.54, 1.807) is 0 Å². The van der Waals surface area contributed by atoms with Gasteiger partial charge in [0.25, 0.3) is 0 Å². The quantitative estimate of drug-likeness (QED) is 0.258. The fraction of sp³-hybridized carbons (Fsp3) is 0. The summed E-state index contributed by atoms with van der Waals surface area (Å²) in [5.74, 6) is 0. The van der Waals surface area contributed by atoms with Gasteiger partial charge < -0.3 is 57.7 Å². The van der Waals surface area contributed by atoms with Gasteiger partial charge in [0, 0.05) is 0 Å². The molecule has 0 heterocycles. The SMILES string of the molecule is O=P([O-])([O-])[O-].O=P([O-])([O-])[O-].O=P([O-])([O-])[O-].[Nb+5].[Ti+4]. The van der Waals surface area contributed by atoms with Crippen LogP contribution in [0.1, 0.15) is 0 Å². The van der Waals surface area contributed by atoms with E-state index in [1.165, 1.54) is 0 Å². The minimum atomic E-state index is -5.39. The fourth-order valence-electron chi connectivity index (χ4n) is 0. The smallest absolute Gasteiger partial charge is 0.822 e. The molecule has 0 unspecified atom stereocenters. The molecule has 0 rings (SSSR count). The maximum absolute atomic E-state index is 8.55. The molecule has 17 heteroatoms. The number of phosphoric acid groups is 3. The van der Waals surface area contributed by atoms with Crippen LogP contribution in [0.2, 0.25) is 0 Å². The van der Waals surface area contributed by atoms with Crippen LogP contribution in [-0.2, 0) is 57.8 Å². The standard InChI is InChI=1S/Nb.3H3O4P.Ti/c;3*1-5(2,3)4;/h;3*(H3,1,2,3,4);/q+5;;;;+4/p-9. The zero-order valence-electron chi connectivity index (χ0n) is 7.19. The summed E-state index contributed by atoms with van der Waals surface area (Å²) in [6, 6.07) is 0. The van der Waals surface area contributed by atoms with Crippen molar-refractivity contribution in [1.82, 2.24) is 0 Å². The van der Waals surface area contributed by atoms with Gasteiger partial charge in [0.2, 0.25) is 0 Å². The second-order valence-corrected chi connectivity index (χ2v) is 4.02. The normalized spacial score (nSPS) is 10.4. The van der Waals surface area contributed by atoms with Crippen molar-refractivity contribution in [2.24, 2.45) is 0 Å². The second kappa shape index (κ2) is 12.8. The summed E-state index contributed by atoms with van der Waals surface area (Å²) in [7, 11) is -16.2. The number of rotatable bonds is 0. The Morgan fingerprint density at radius 3 is 0.471 bits per heavy atom. The van der Waals surface area contributed by atoms with Crippen LogP contribution in [0.25, 0.3) is 0 Å². The largest absolute Gasteiger partial charge is 5.00 e. The first-order valence-electron chi connectivity index (χ1n) is 2.19. The zero-order valence-corrected chi connectivity index (χ0v) is 13.6. The predicted molar refractivity (Wildman–Crippen MR) is 22.8 cm³/mol. The van der Waals surface area contributed by atoms with Crippen LogP contribution in [0, 0.1) is 0 Å². The van der Waals surface area contributed by atoms with Crippen molar-refractivity contribution in [2.75, 3.05) is 0 Å². The van der Waals surface area contributed by atoms with Gasteiger partial charge in [0.15, 0.2) is 0 Å². The fourth-order valence-corrected chi connectivity index (χ4v) is 0. The Bertz CT molecular complexity index is 208. The number of hydrogen-bond donors (Lipinski definition) is 0. The van der Waals surface area contributed by atoms with Gasteiger partial charge in [0.1, 0.15) is 0 Å².